The fourth-order valence-corrected chi connectivity index (χ4v) is 2.82. The van der Waals surface area contributed by atoms with Crippen molar-refractivity contribution in [2.24, 2.45) is 0 Å². The molecule has 9 heteroatoms. The van der Waals surface area contributed by atoms with Crippen molar-refractivity contribution in [3.63, 3.8) is 0 Å². The van der Waals surface area contributed by atoms with Crippen LogP contribution < -0.4 is 10.2 Å². The second-order valence-corrected chi connectivity index (χ2v) is 6.27. The Hall–Kier alpha value is -2.68. The molecule has 3 rings (SSSR count). The van der Waals surface area contributed by atoms with Gasteiger partial charge >= 0.3 is 6.18 Å². The van der Waals surface area contributed by atoms with Crippen molar-refractivity contribution >= 4 is 11.9 Å². The van der Waals surface area contributed by atoms with E-state index in [1.54, 1.807) is 4.90 Å². The number of hydrogen-bond donors (Lipinski definition) is 1. The minimum atomic E-state index is -4.49. The lowest BCUT2D eigenvalue weighted by Gasteiger charge is -2.34. The lowest BCUT2D eigenvalue weighted by molar-refractivity contribution is -0.141. The van der Waals surface area contributed by atoms with Gasteiger partial charge in [0.2, 0.25) is 11.9 Å². The van der Waals surface area contributed by atoms with Crippen molar-refractivity contribution in [3.05, 3.63) is 53.9 Å². The highest BCUT2D eigenvalue weighted by molar-refractivity contribution is 5.78. The molecule has 1 aromatic carbocycles. The van der Waals surface area contributed by atoms with E-state index in [2.05, 4.69) is 15.3 Å². The van der Waals surface area contributed by atoms with Crippen LogP contribution in [0, 0.1) is 0 Å². The Morgan fingerprint density at radius 3 is 2.44 bits per heavy atom. The molecule has 1 amide bonds. The Morgan fingerprint density at radius 2 is 1.78 bits per heavy atom. The number of aromatic nitrogens is 2. The number of rotatable bonds is 5. The van der Waals surface area contributed by atoms with Gasteiger partial charge in [0.15, 0.2) is 0 Å². The van der Waals surface area contributed by atoms with Gasteiger partial charge in [-0.2, -0.15) is 13.2 Å². The van der Waals surface area contributed by atoms with Crippen LogP contribution in [0.25, 0.3) is 0 Å². The summed E-state index contributed by atoms with van der Waals surface area (Å²) in [5.74, 6) is -0.0133. The number of piperazine rings is 1. The van der Waals surface area contributed by atoms with E-state index >= 15 is 0 Å². The van der Waals surface area contributed by atoms with Crippen LogP contribution in [0.4, 0.5) is 19.1 Å². The van der Waals surface area contributed by atoms with Gasteiger partial charge in [-0.25, -0.2) is 9.97 Å². The molecular weight excluding hydrogens is 359 g/mol. The Labute approximate surface area is 155 Å². The van der Waals surface area contributed by atoms with E-state index in [-0.39, 0.29) is 18.4 Å². The van der Waals surface area contributed by atoms with Gasteiger partial charge in [-0.1, -0.05) is 30.3 Å². The van der Waals surface area contributed by atoms with Crippen molar-refractivity contribution in [1.29, 1.82) is 0 Å². The van der Waals surface area contributed by atoms with Crippen molar-refractivity contribution < 1.29 is 18.0 Å². The van der Waals surface area contributed by atoms with Crippen LogP contribution in [-0.4, -0.2) is 53.5 Å². The molecule has 144 valence electrons. The van der Waals surface area contributed by atoms with Crippen molar-refractivity contribution in [2.75, 3.05) is 37.6 Å². The smallest absolute Gasteiger partial charge is 0.351 e. The molecule has 2 heterocycles. The predicted molar refractivity (Wildman–Crippen MR) is 94.0 cm³/mol. The first kappa shape index (κ1) is 19.1. The highest BCUT2D eigenvalue weighted by Gasteiger charge is 2.33. The summed E-state index contributed by atoms with van der Waals surface area (Å²) in [5, 5.41) is 2.87. The standard InChI is InChI=1S/C18H20F3N5O/c19-18(20,21)15-6-7-22-17(24-15)26-10-8-25(9-11-26)13-16(27)23-12-14-4-2-1-3-5-14/h1-7H,8-13H2,(H,23,27). The van der Waals surface area contributed by atoms with E-state index in [4.69, 9.17) is 0 Å². The minimum Gasteiger partial charge on any atom is -0.351 e. The van der Waals surface area contributed by atoms with E-state index in [1.807, 2.05) is 35.2 Å². The molecule has 1 fully saturated rings. The summed E-state index contributed by atoms with van der Waals surface area (Å²) in [5.41, 5.74) is 0.0765. The zero-order valence-corrected chi connectivity index (χ0v) is 14.6. The highest BCUT2D eigenvalue weighted by Crippen LogP contribution is 2.28. The first-order chi connectivity index (χ1) is 12.9. The van der Waals surface area contributed by atoms with Crippen LogP contribution in [0.1, 0.15) is 11.3 Å². The van der Waals surface area contributed by atoms with Crippen LogP contribution in [0.2, 0.25) is 0 Å². The molecule has 0 aliphatic carbocycles. The Kier molecular flexibility index (Phi) is 5.90. The third-order valence-electron chi connectivity index (χ3n) is 4.29. The average Bonchev–Trinajstić information content (AvgIpc) is 2.67. The molecule has 1 aromatic heterocycles. The van der Waals surface area contributed by atoms with E-state index in [1.165, 1.54) is 0 Å². The summed E-state index contributed by atoms with van der Waals surface area (Å²) >= 11 is 0. The van der Waals surface area contributed by atoms with Crippen LogP contribution >= 0.6 is 0 Å². The topological polar surface area (TPSA) is 61.4 Å². The van der Waals surface area contributed by atoms with Gasteiger partial charge in [-0.3, -0.25) is 9.69 Å². The molecule has 0 bridgehead atoms. The molecule has 0 spiro atoms. The first-order valence-corrected chi connectivity index (χ1v) is 8.60. The Balaban J connectivity index is 1.47. The molecule has 1 aliphatic rings. The number of nitrogens with zero attached hydrogens (tertiary/aromatic N) is 4. The maximum atomic E-state index is 12.8. The zero-order valence-electron chi connectivity index (χ0n) is 14.6. The lowest BCUT2D eigenvalue weighted by Crippen LogP contribution is -2.50. The minimum absolute atomic E-state index is 0.0676. The second kappa shape index (κ2) is 8.34. The summed E-state index contributed by atoms with van der Waals surface area (Å²) in [6.07, 6.45) is -3.37. The fourth-order valence-electron chi connectivity index (χ4n) is 2.82. The fraction of sp³-hybridized carbons (Fsp3) is 0.389. The number of anilines is 1. The van der Waals surface area contributed by atoms with Crippen molar-refractivity contribution in [3.8, 4) is 0 Å². The van der Waals surface area contributed by atoms with Gasteiger partial charge in [-0.15, -0.1) is 0 Å². The van der Waals surface area contributed by atoms with Crippen molar-refractivity contribution in [2.45, 2.75) is 12.7 Å². The Bertz CT molecular complexity index is 761. The van der Waals surface area contributed by atoms with Crippen LogP contribution in [0.3, 0.4) is 0 Å². The number of benzene rings is 1. The third-order valence-corrected chi connectivity index (χ3v) is 4.29. The second-order valence-electron chi connectivity index (χ2n) is 6.27. The summed E-state index contributed by atoms with van der Waals surface area (Å²) < 4.78 is 38.3. The third kappa shape index (κ3) is 5.40. The number of carbonyl (C=O) groups excluding carboxylic acids is 1. The quantitative estimate of drug-likeness (QED) is 0.860. The Morgan fingerprint density at radius 1 is 1.07 bits per heavy atom. The first-order valence-electron chi connectivity index (χ1n) is 8.60. The average molecular weight is 379 g/mol. The van der Waals surface area contributed by atoms with E-state index < -0.39 is 11.9 Å². The molecular formula is C18H20F3N5O. The lowest BCUT2D eigenvalue weighted by atomic mass is 10.2. The SMILES string of the molecule is O=C(CN1CCN(c2nccc(C(F)(F)F)n2)CC1)NCc1ccccc1. The van der Waals surface area contributed by atoms with Crippen molar-refractivity contribution in [1.82, 2.24) is 20.2 Å². The van der Waals surface area contributed by atoms with Crippen LogP contribution in [-0.2, 0) is 17.5 Å². The summed E-state index contributed by atoms with van der Waals surface area (Å²) in [4.78, 5) is 23.3. The van der Waals surface area contributed by atoms with E-state index in [0.717, 1.165) is 17.8 Å². The summed E-state index contributed by atoms with van der Waals surface area (Å²) in [7, 11) is 0. The summed E-state index contributed by atoms with van der Waals surface area (Å²) in [6, 6.07) is 10.5. The number of amides is 1. The predicted octanol–water partition coefficient (Wildman–Crippen LogP) is 1.93. The normalized spacial score (nSPS) is 15.6. The molecule has 1 aliphatic heterocycles. The van der Waals surface area contributed by atoms with Crippen LogP contribution in [0.15, 0.2) is 42.6 Å². The number of halogens is 3. The number of nitrogens with one attached hydrogen (secondary N) is 1. The number of hydrogen-bond acceptors (Lipinski definition) is 5. The molecule has 0 radical (unpaired) electrons. The maximum Gasteiger partial charge on any atom is 0.433 e. The van der Waals surface area contributed by atoms with Crippen LogP contribution in [0.5, 0.6) is 0 Å². The van der Waals surface area contributed by atoms with Gasteiger partial charge in [0, 0.05) is 38.9 Å². The van der Waals surface area contributed by atoms with E-state index in [0.29, 0.717) is 32.7 Å². The molecule has 1 saturated heterocycles. The molecule has 0 saturated carbocycles. The monoisotopic (exact) mass is 379 g/mol. The van der Waals surface area contributed by atoms with Gasteiger partial charge < -0.3 is 10.2 Å². The van der Waals surface area contributed by atoms with Gasteiger partial charge in [-0.05, 0) is 11.6 Å². The highest BCUT2D eigenvalue weighted by atomic mass is 19.4. The van der Waals surface area contributed by atoms with E-state index in [9.17, 15) is 18.0 Å². The number of carbonyl (C=O) groups is 1. The zero-order chi connectivity index (χ0) is 19.3. The maximum absolute atomic E-state index is 12.8. The van der Waals surface area contributed by atoms with Gasteiger partial charge in [0.25, 0.3) is 0 Å². The van der Waals surface area contributed by atoms with Gasteiger partial charge in [0.05, 0.1) is 6.54 Å². The molecule has 6 nitrogen and oxygen atoms in total. The van der Waals surface area contributed by atoms with Gasteiger partial charge in [0.1, 0.15) is 5.69 Å². The molecule has 0 atom stereocenters. The molecule has 2 aromatic rings. The largest absolute Gasteiger partial charge is 0.433 e. The molecule has 0 unspecified atom stereocenters. The number of alkyl halides is 3. The summed E-state index contributed by atoms with van der Waals surface area (Å²) in [6.45, 7) is 2.76. The molecule has 27 heavy (non-hydrogen) atoms. The molecule has 1 N–H and O–H groups in total.